The van der Waals surface area contributed by atoms with Crippen molar-refractivity contribution < 1.29 is 14.7 Å². The average Bonchev–Trinajstić information content (AvgIpc) is 2.62. The number of carbonyl (C=O) groups excluding carboxylic acids is 1. The van der Waals surface area contributed by atoms with E-state index in [0.717, 1.165) is 5.56 Å². The summed E-state index contributed by atoms with van der Waals surface area (Å²) in [7, 11) is 0. The van der Waals surface area contributed by atoms with Gasteiger partial charge in [0, 0.05) is 12.5 Å². The Hall–Kier alpha value is -1.36. The summed E-state index contributed by atoms with van der Waals surface area (Å²) in [4.78, 5) is 22.1. The van der Waals surface area contributed by atoms with Gasteiger partial charge in [0.1, 0.15) is 4.88 Å². The molecule has 0 aliphatic carbocycles. The minimum Gasteiger partial charge on any atom is -0.477 e. The van der Waals surface area contributed by atoms with Gasteiger partial charge in [0.2, 0.25) is 5.91 Å². The van der Waals surface area contributed by atoms with E-state index < -0.39 is 5.97 Å². The van der Waals surface area contributed by atoms with Gasteiger partial charge in [0.15, 0.2) is 0 Å². The first-order valence-corrected chi connectivity index (χ1v) is 5.47. The molecule has 0 aliphatic rings. The molecule has 0 atom stereocenters. The minimum absolute atomic E-state index is 0.0296. The Balaban J connectivity index is 2.51. The first-order valence-electron chi connectivity index (χ1n) is 4.59. The van der Waals surface area contributed by atoms with Crippen LogP contribution in [0, 0.1) is 5.92 Å². The number of nitrogens with one attached hydrogen (secondary N) is 1. The first-order chi connectivity index (χ1) is 7.00. The smallest absolute Gasteiger partial charge is 0.345 e. The number of amides is 1. The van der Waals surface area contributed by atoms with Crippen molar-refractivity contribution >= 4 is 23.2 Å². The lowest BCUT2D eigenvalue weighted by Gasteiger charge is -2.05. The quantitative estimate of drug-likeness (QED) is 0.823. The van der Waals surface area contributed by atoms with Crippen LogP contribution in [0.25, 0.3) is 0 Å². The second-order valence-electron chi connectivity index (χ2n) is 3.50. The number of thiophene rings is 1. The summed E-state index contributed by atoms with van der Waals surface area (Å²) in [6.45, 7) is 4.01. The molecule has 0 saturated carbocycles. The van der Waals surface area contributed by atoms with Gasteiger partial charge in [0.05, 0.1) is 0 Å². The third kappa shape index (κ3) is 3.36. The Kier molecular flexibility index (Phi) is 3.85. The van der Waals surface area contributed by atoms with Crippen LogP contribution in [0.15, 0.2) is 11.4 Å². The van der Waals surface area contributed by atoms with Crippen molar-refractivity contribution in [2.75, 3.05) is 0 Å². The largest absolute Gasteiger partial charge is 0.477 e. The lowest BCUT2D eigenvalue weighted by atomic mass is 10.2. The molecule has 1 amide bonds. The summed E-state index contributed by atoms with van der Waals surface area (Å²) in [5, 5.41) is 13.2. The van der Waals surface area contributed by atoms with Crippen LogP contribution in [-0.4, -0.2) is 17.0 Å². The van der Waals surface area contributed by atoms with Crippen LogP contribution in [0.5, 0.6) is 0 Å². The highest BCUT2D eigenvalue weighted by Gasteiger charge is 2.09. The van der Waals surface area contributed by atoms with Gasteiger partial charge < -0.3 is 10.4 Å². The molecule has 4 nitrogen and oxygen atoms in total. The molecule has 0 aromatic carbocycles. The number of hydrogen-bond donors (Lipinski definition) is 2. The van der Waals surface area contributed by atoms with Crippen LogP contribution in [0.4, 0.5) is 0 Å². The average molecular weight is 227 g/mol. The van der Waals surface area contributed by atoms with Gasteiger partial charge in [-0.05, 0) is 17.0 Å². The maximum Gasteiger partial charge on any atom is 0.345 e. The molecule has 1 aromatic rings. The zero-order valence-electron chi connectivity index (χ0n) is 8.61. The van der Waals surface area contributed by atoms with Crippen molar-refractivity contribution in [3.63, 3.8) is 0 Å². The lowest BCUT2D eigenvalue weighted by molar-refractivity contribution is -0.124. The molecule has 1 aromatic heterocycles. The van der Waals surface area contributed by atoms with Crippen LogP contribution < -0.4 is 5.32 Å². The Morgan fingerprint density at radius 1 is 1.53 bits per heavy atom. The molecular weight excluding hydrogens is 214 g/mol. The van der Waals surface area contributed by atoms with Crippen molar-refractivity contribution in [2.45, 2.75) is 20.4 Å². The molecule has 5 heteroatoms. The van der Waals surface area contributed by atoms with Crippen LogP contribution in [0.3, 0.4) is 0 Å². The van der Waals surface area contributed by atoms with Crippen molar-refractivity contribution in [3.05, 3.63) is 21.9 Å². The second kappa shape index (κ2) is 4.93. The van der Waals surface area contributed by atoms with Crippen LogP contribution in [0.2, 0.25) is 0 Å². The van der Waals surface area contributed by atoms with E-state index in [1.54, 1.807) is 11.4 Å². The summed E-state index contributed by atoms with van der Waals surface area (Å²) < 4.78 is 0. The van der Waals surface area contributed by atoms with E-state index in [0.29, 0.717) is 11.4 Å². The van der Waals surface area contributed by atoms with Gasteiger partial charge in [-0.1, -0.05) is 13.8 Å². The molecule has 0 radical (unpaired) electrons. The second-order valence-corrected chi connectivity index (χ2v) is 4.41. The predicted molar refractivity (Wildman–Crippen MR) is 58.0 cm³/mol. The Labute approximate surface area is 91.9 Å². The summed E-state index contributed by atoms with van der Waals surface area (Å²) in [5.74, 6) is -1.01. The fraction of sp³-hybridized carbons (Fsp3) is 0.400. The van der Waals surface area contributed by atoms with E-state index in [2.05, 4.69) is 5.32 Å². The number of rotatable bonds is 4. The van der Waals surface area contributed by atoms with Gasteiger partial charge in [-0.15, -0.1) is 11.3 Å². The maximum absolute atomic E-state index is 11.2. The first kappa shape index (κ1) is 11.7. The normalized spacial score (nSPS) is 10.3. The molecule has 0 unspecified atom stereocenters. The fourth-order valence-electron chi connectivity index (χ4n) is 0.974. The SMILES string of the molecule is CC(C)C(=O)NCc1csc(C(=O)O)c1. The maximum atomic E-state index is 11.2. The van der Waals surface area contributed by atoms with Gasteiger partial charge in [-0.3, -0.25) is 4.79 Å². The van der Waals surface area contributed by atoms with E-state index in [9.17, 15) is 9.59 Å². The molecule has 1 rings (SSSR count). The number of carbonyl (C=O) groups is 2. The number of carboxylic acid groups (broad SMARTS) is 1. The van der Waals surface area contributed by atoms with Gasteiger partial charge in [-0.25, -0.2) is 4.79 Å². The number of carboxylic acids is 1. The Bertz CT molecular complexity index is 370. The highest BCUT2D eigenvalue weighted by molar-refractivity contribution is 7.12. The van der Waals surface area contributed by atoms with E-state index in [1.807, 2.05) is 13.8 Å². The molecule has 1 heterocycles. The third-order valence-electron chi connectivity index (χ3n) is 1.86. The zero-order valence-corrected chi connectivity index (χ0v) is 9.43. The van der Waals surface area contributed by atoms with Gasteiger partial charge in [-0.2, -0.15) is 0 Å². The van der Waals surface area contributed by atoms with Crippen LogP contribution >= 0.6 is 11.3 Å². The van der Waals surface area contributed by atoms with E-state index in [-0.39, 0.29) is 11.8 Å². The highest BCUT2D eigenvalue weighted by Crippen LogP contribution is 2.14. The molecule has 0 spiro atoms. The highest BCUT2D eigenvalue weighted by atomic mass is 32.1. The Morgan fingerprint density at radius 2 is 2.20 bits per heavy atom. The summed E-state index contributed by atoms with van der Waals surface area (Å²) >= 11 is 1.17. The molecular formula is C10H13NO3S. The van der Waals surface area contributed by atoms with E-state index in [1.165, 1.54) is 11.3 Å². The zero-order chi connectivity index (χ0) is 11.4. The summed E-state index contributed by atoms with van der Waals surface area (Å²) in [6, 6.07) is 1.58. The monoisotopic (exact) mass is 227 g/mol. The van der Waals surface area contributed by atoms with Crippen molar-refractivity contribution in [2.24, 2.45) is 5.92 Å². The van der Waals surface area contributed by atoms with E-state index in [4.69, 9.17) is 5.11 Å². The van der Waals surface area contributed by atoms with Crippen LogP contribution in [0.1, 0.15) is 29.1 Å². The standard InChI is InChI=1S/C10H13NO3S/c1-6(2)9(12)11-4-7-3-8(10(13)14)15-5-7/h3,5-6H,4H2,1-2H3,(H,11,12)(H,13,14). The predicted octanol–water partition coefficient (Wildman–Crippen LogP) is 1.72. The molecule has 0 bridgehead atoms. The fourth-order valence-corrected chi connectivity index (χ4v) is 1.72. The van der Waals surface area contributed by atoms with Crippen molar-refractivity contribution in [3.8, 4) is 0 Å². The van der Waals surface area contributed by atoms with Gasteiger partial charge >= 0.3 is 5.97 Å². The molecule has 2 N–H and O–H groups in total. The van der Waals surface area contributed by atoms with Crippen molar-refractivity contribution in [1.82, 2.24) is 5.32 Å². The minimum atomic E-state index is -0.929. The molecule has 15 heavy (non-hydrogen) atoms. The molecule has 0 aliphatic heterocycles. The Morgan fingerprint density at radius 3 is 2.67 bits per heavy atom. The van der Waals surface area contributed by atoms with Gasteiger partial charge in [0.25, 0.3) is 0 Å². The third-order valence-corrected chi connectivity index (χ3v) is 2.82. The molecule has 0 saturated heterocycles. The molecule has 82 valence electrons. The summed E-state index contributed by atoms with van der Waals surface area (Å²) in [6.07, 6.45) is 0. The summed E-state index contributed by atoms with van der Waals surface area (Å²) in [5.41, 5.74) is 0.825. The van der Waals surface area contributed by atoms with Crippen LogP contribution in [-0.2, 0) is 11.3 Å². The number of hydrogen-bond acceptors (Lipinski definition) is 3. The number of aromatic carboxylic acids is 1. The molecule has 0 fully saturated rings. The van der Waals surface area contributed by atoms with E-state index >= 15 is 0 Å². The van der Waals surface area contributed by atoms with Crippen molar-refractivity contribution in [1.29, 1.82) is 0 Å². The topological polar surface area (TPSA) is 66.4 Å². The lowest BCUT2D eigenvalue weighted by Crippen LogP contribution is -2.26.